The lowest BCUT2D eigenvalue weighted by Gasteiger charge is -2.21. The first-order valence-electron chi connectivity index (χ1n) is 12.9. The molecule has 180 valence electrons. The molecular formula is C30H42N4+2. The van der Waals surface area contributed by atoms with Crippen molar-refractivity contribution in [3.8, 4) is 0 Å². The van der Waals surface area contributed by atoms with Gasteiger partial charge in [-0.3, -0.25) is 0 Å². The Morgan fingerprint density at radius 2 is 0.853 bits per heavy atom. The molecule has 2 aromatic carbocycles. The molecule has 0 N–H and O–H groups in total. The van der Waals surface area contributed by atoms with Gasteiger partial charge in [0.1, 0.15) is 13.1 Å². The topological polar surface area (TPSA) is 12.5 Å². The predicted molar refractivity (Wildman–Crippen MR) is 151 cm³/mol. The van der Waals surface area contributed by atoms with E-state index in [1.54, 1.807) is 0 Å². The van der Waals surface area contributed by atoms with Gasteiger partial charge < -0.3 is 9.80 Å². The summed E-state index contributed by atoms with van der Waals surface area (Å²) in [6, 6.07) is 17.9. The first kappa shape index (κ1) is 25.5. The standard InChI is InChI=1S/C30H42N4/c1-7-31(8-2)25-13-19-28(20-14-25)34(29-21-15-26(16-22-29)32(9-3)10-4)30-23-17-27(18-24-30)33(11-5)12-6/h13-24H,7-12H2,1-6H3/q+2. The van der Waals surface area contributed by atoms with Crippen LogP contribution in [0.5, 0.6) is 0 Å². The van der Waals surface area contributed by atoms with Crippen LogP contribution in [-0.4, -0.2) is 55.3 Å². The molecule has 0 saturated heterocycles. The monoisotopic (exact) mass is 458 g/mol. The maximum atomic E-state index is 2.38. The molecule has 1 aliphatic carbocycles. The summed E-state index contributed by atoms with van der Waals surface area (Å²) in [6.07, 6.45) is 8.96. The van der Waals surface area contributed by atoms with E-state index in [0.29, 0.717) is 0 Å². The molecule has 0 aromatic heterocycles. The number of rotatable bonds is 10. The molecule has 0 bridgehead atoms. The van der Waals surface area contributed by atoms with E-state index in [1.807, 2.05) is 0 Å². The Balaban J connectivity index is 2.08. The van der Waals surface area contributed by atoms with Crippen molar-refractivity contribution in [3.63, 3.8) is 0 Å². The zero-order valence-electron chi connectivity index (χ0n) is 22.0. The highest BCUT2D eigenvalue weighted by Gasteiger charge is 2.21. The summed E-state index contributed by atoms with van der Waals surface area (Å²) in [7, 11) is 0. The minimum Gasteiger partial charge on any atom is -0.372 e. The van der Waals surface area contributed by atoms with E-state index in [2.05, 4.69) is 133 Å². The second kappa shape index (κ2) is 12.4. The first-order valence-corrected chi connectivity index (χ1v) is 12.9. The highest BCUT2D eigenvalue weighted by atomic mass is 15.1. The third kappa shape index (κ3) is 5.67. The normalized spacial score (nSPS) is 12.8. The van der Waals surface area contributed by atoms with Gasteiger partial charge >= 0.3 is 0 Å². The van der Waals surface area contributed by atoms with Gasteiger partial charge in [-0.05, 0) is 65.8 Å². The number of allylic oxidation sites excluding steroid dienone is 4. The Labute approximate surface area is 206 Å². The van der Waals surface area contributed by atoms with Crippen molar-refractivity contribution < 1.29 is 4.58 Å². The van der Waals surface area contributed by atoms with Gasteiger partial charge in [0.25, 0.3) is 0 Å². The van der Waals surface area contributed by atoms with E-state index in [-0.39, 0.29) is 0 Å². The summed E-state index contributed by atoms with van der Waals surface area (Å²) in [5.74, 6) is 0. The highest BCUT2D eigenvalue weighted by molar-refractivity contribution is 6.18. The molecule has 0 amide bonds. The molecule has 4 nitrogen and oxygen atoms in total. The molecule has 34 heavy (non-hydrogen) atoms. The molecule has 0 atom stereocenters. The van der Waals surface area contributed by atoms with E-state index < -0.39 is 0 Å². The van der Waals surface area contributed by atoms with Crippen molar-refractivity contribution in [2.45, 2.75) is 41.5 Å². The van der Waals surface area contributed by atoms with E-state index in [9.17, 15) is 0 Å². The minimum atomic E-state index is 1.01. The molecule has 0 saturated carbocycles. The van der Waals surface area contributed by atoms with Gasteiger partial charge in [0, 0.05) is 86.1 Å². The average molecular weight is 459 g/mol. The van der Waals surface area contributed by atoms with Crippen LogP contribution in [0, 0.1) is 0 Å². The third-order valence-electron chi connectivity index (χ3n) is 6.71. The van der Waals surface area contributed by atoms with Crippen molar-refractivity contribution >= 4 is 34.2 Å². The van der Waals surface area contributed by atoms with E-state index in [0.717, 1.165) is 39.3 Å². The molecule has 1 aliphatic rings. The Morgan fingerprint density at radius 3 is 1.18 bits per heavy atom. The number of hydrogen-bond acceptors (Lipinski definition) is 2. The molecule has 0 spiro atoms. The van der Waals surface area contributed by atoms with Gasteiger partial charge in [0.15, 0.2) is 5.71 Å². The quantitative estimate of drug-likeness (QED) is 0.307. The van der Waals surface area contributed by atoms with Crippen molar-refractivity contribution in [2.24, 2.45) is 0 Å². The Kier molecular flexibility index (Phi) is 9.26. The molecule has 4 heteroatoms. The van der Waals surface area contributed by atoms with Gasteiger partial charge in [-0.25, -0.2) is 4.58 Å². The number of anilines is 2. The van der Waals surface area contributed by atoms with Gasteiger partial charge in [-0.15, -0.1) is 0 Å². The van der Waals surface area contributed by atoms with Gasteiger partial charge in [0.05, 0.1) is 0 Å². The fourth-order valence-corrected chi connectivity index (χ4v) is 4.65. The van der Waals surface area contributed by atoms with Crippen LogP contribution in [0.15, 0.2) is 72.8 Å². The second-order valence-corrected chi connectivity index (χ2v) is 8.40. The van der Waals surface area contributed by atoms with Crippen LogP contribution in [0.25, 0.3) is 0 Å². The fraction of sp³-hybridized carbons (Fsp3) is 0.400. The largest absolute Gasteiger partial charge is 0.372 e. The lowest BCUT2D eigenvalue weighted by Crippen LogP contribution is -2.23. The highest BCUT2D eigenvalue weighted by Crippen LogP contribution is 2.27. The van der Waals surface area contributed by atoms with Gasteiger partial charge in [-0.2, -0.15) is 4.58 Å². The Bertz CT molecular complexity index is 966. The van der Waals surface area contributed by atoms with Crippen molar-refractivity contribution in [1.82, 2.24) is 4.58 Å². The molecule has 0 unspecified atom stereocenters. The number of benzene rings is 2. The summed E-state index contributed by atoms with van der Waals surface area (Å²) in [5, 5.41) is 0. The first-order chi connectivity index (χ1) is 16.6. The van der Waals surface area contributed by atoms with Crippen molar-refractivity contribution in [3.05, 3.63) is 72.8 Å². The maximum Gasteiger partial charge on any atom is 0.212 e. The smallest absolute Gasteiger partial charge is 0.212 e. The lowest BCUT2D eigenvalue weighted by atomic mass is 10.1. The molecule has 3 rings (SSSR count). The SMILES string of the molecule is CCN(CC)c1ccc([N+](=C2C=CC(=[N+](CC)CC)C=C2)c2ccc(N(CC)CC)cc2)cc1. The Hall–Kier alpha value is -3.14. The number of nitrogens with zero attached hydrogens (tertiary/aromatic N) is 4. The van der Waals surface area contributed by atoms with Crippen LogP contribution < -0.4 is 14.4 Å². The molecule has 0 aliphatic heterocycles. The van der Waals surface area contributed by atoms with Crippen LogP contribution in [0.3, 0.4) is 0 Å². The summed E-state index contributed by atoms with van der Waals surface area (Å²) in [6.45, 7) is 19.3. The average Bonchev–Trinajstić information content (AvgIpc) is 2.89. The molecule has 0 fully saturated rings. The van der Waals surface area contributed by atoms with Crippen LogP contribution in [-0.2, 0) is 0 Å². The fourth-order valence-electron chi connectivity index (χ4n) is 4.65. The second-order valence-electron chi connectivity index (χ2n) is 8.40. The van der Waals surface area contributed by atoms with Crippen molar-refractivity contribution in [2.75, 3.05) is 49.1 Å². The summed E-state index contributed by atoms with van der Waals surface area (Å²) < 4.78 is 4.73. The zero-order chi connectivity index (χ0) is 24.5. The molecular weight excluding hydrogens is 416 g/mol. The van der Waals surface area contributed by atoms with Crippen LogP contribution in [0.1, 0.15) is 41.5 Å². The number of hydrogen-bond donors (Lipinski definition) is 0. The summed E-state index contributed by atoms with van der Waals surface area (Å²) >= 11 is 0. The van der Waals surface area contributed by atoms with E-state index in [4.69, 9.17) is 0 Å². The molecule has 2 aromatic rings. The molecule has 0 radical (unpaired) electrons. The summed E-state index contributed by atoms with van der Waals surface area (Å²) in [4.78, 5) is 4.76. The maximum absolute atomic E-state index is 2.38. The van der Waals surface area contributed by atoms with Gasteiger partial charge in [-0.1, -0.05) is 0 Å². The van der Waals surface area contributed by atoms with E-state index >= 15 is 0 Å². The predicted octanol–water partition coefficient (Wildman–Crippen LogP) is 6.27. The van der Waals surface area contributed by atoms with Crippen LogP contribution in [0.4, 0.5) is 22.7 Å². The van der Waals surface area contributed by atoms with Crippen LogP contribution >= 0.6 is 0 Å². The lowest BCUT2D eigenvalue weighted by molar-refractivity contribution is -0.519. The van der Waals surface area contributed by atoms with Crippen LogP contribution in [0.2, 0.25) is 0 Å². The summed E-state index contributed by atoms with van der Waals surface area (Å²) in [5.41, 5.74) is 7.30. The van der Waals surface area contributed by atoms with Crippen molar-refractivity contribution in [1.29, 1.82) is 0 Å². The minimum absolute atomic E-state index is 1.01. The molecule has 0 heterocycles. The Morgan fingerprint density at radius 1 is 0.500 bits per heavy atom. The van der Waals surface area contributed by atoms with E-state index in [1.165, 1.54) is 34.2 Å². The van der Waals surface area contributed by atoms with Gasteiger partial charge in [0.2, 0.25) is 17.1 Å². The zero-order valence-corrected chi connectivity index (χ0v) is 22.0. The third-order valence-corrected chi connectivity index (χ3v) is 6.71.